The Bertz CT molecular complexity index is 856. The third-order valence-electron chi connectivity index (χ3n) is 5.65. The standard InChI is InChI=1S/C20H24N2O2S/c1-25(23,24)22-16-20(18-9-5-6-10-19(18)22)11-13-21(14-12-20)15-17-7-3-2-4-8-17/h2-10H,11-16H2,1H3. The Morgan fingerprint density at radius 3 is 2.28 bits per heavy atom. The molecule has 0 N–H and O–H groups in total. The Kier molecular flexibility index (Phi) is 4.08. The normalized spacial score (nSPS) is 20.0. The Morgan fingerprint density at radius 1 is 0.960 bits per heavy atom. The summed E-state index contributed by atoms with van der Waals surface area (Å²) in [7, 11) is -3.23. The summed E-state index contributed by atoms with van der Waals surface area (Å²) < 4.78 is 26.1. The second-order valence-electron chi connectivity index (χ2n) is 7.33. The number of rotatable bonds is 3. The van der Waals surface area contributed by atoms with Crippen molar-refractivity contribution in [1.29, 1.82) is 0 Å². The Hall–Kier alpha value is -1.85. The first-order chi connectivity index (χ1) is 12.0. The second-order valence-corrected chi connectivity index (χ2v) is 9.24. The molecule has 0 amide bonds. The van der Waals surface area contributed by atoms with Gasteiger partial charge in [0, 0.05) is 18.5 Å². The average molecular weight is 356 g/mol. The Morgan fingerprint density at radius 2 is 1.60 bits per heavy atom. The number of hydrogen-bond donors (Lipinski definition) is 0. The summed E-state index contributed by atoms with van der Waals surface area (Å²) in [5.41, 5.74) is 3.39. The molecule has 2 aliphatic rings. The molecule has 0 radical (unpaired) electrons. The van der Waals surface area contributed by atoms with Gasteiger partial charge < -0.3 is 0 Å². The number of piperidine rings is 1. The number of fused-ring (bicyclic) bond motifs is 2. The van der Waals surface area contributed by atoms with E-state index in [-0.39, 0.29) is 5.41 Å². The van der Waals surface area contributed by atoms with Crippen molar-refractivity contribution in [3.63, 3.8) is 0 Å². The van der Waals surface area contributed by atoms with Gasteiger partial charge >= 0.3 is 0 Å². The smallest absolute Gasteiger partial charge is 0.232 e. The van der Waals surface area contributed by atoms with Gasteiger partial charge in [0.15, 0.2) is 0 Å². The van der Waals surface area contributed by atoms with Crippen LogP contribution in [0.15, 0.2) is 54.6 Å². The maximum Gasteiger partial charge on any atom is 0.232 e. The van der Waals surface area contributed by atoms with Gasteiger partial charge in [0.25, 0.3) is 0 Å². The van der Waals surface area contributed by atoms with Crippen molar-refractivity contribution in [2.45, 2.75) is 24.8 Å². The Labute approximate surface area is 150 Å². The van der Waals surface area contributed by atoms with Crippen molar-refractivity contribution in [3.8, 4) is 0 Å². The SMILES string of the molecule is CS(=O)(=O)N1CC2(CCN(Cc3ccccc3)CC2)c2ccccc21. The molecule has 2 aromatic carbocycles. The van der Waals surface area contributed by atoms with Gasteiger partial charge in [-0.25, -0.2) is 8.42 Å². The van der Waals surface area contributed by atoms with Gasteiger partial charge in [0.05, 0.1) is 11.9 Å². The van der Waals surface area contributed by atoms with Gasteiger partial charge in [-0.2, -0.15) is 0 Å². The number of hydrogen-bond acceptors (Lipinski definition) is 3. The average Bonchev–Trinajstić information content (AvgIpc) is 2.93. The van der Waals surface area contributed by atoms with Crippen molar-refractivity contribution in [2.24, 2.45) is 0 Å². The number of benzene rings is 2. The molecule has 0 unspecified atom stereocenters. The number of para-hydroxylation sites is 1. The van der Waals surface area contributed by atoms with Crippen LogP contribution in [0.25, 0.3) is 0 Å². The lowest BCUT2D eigenvalue weighted by Gasteiger charge is -2.39. The molecule has 1 saturated heterocycles. The molecule has 1 fully saturated rings. The molecule has 1 spiro atoms. The molecular weight excluding hydrogens is 332 g/mol. The minimum Gasteiger partial charge on any atom is -0.299 e. The highest BCUT2D eigenvalue weighted by Crippen LogP contribution is 2.47. The first-order valence-electron chi connectivity index (χ1n) is 8.81. The van der Waals surface area contributed by atoms with Crippen molar-refractivity contribution < 1.29 is 8.42 Å². The van der Waals surface area contributed by atoms with E-state index in [1.165, 1.54) is 17.4 Å². The molecule has 0 saturated carbocycles. The van der Waals surface area contributed by atoms with Gasteiger partial charge in [-0.05, 0) is 43.1 Å². The summed E-state index contributed by atoms with van der Waals surface area (Å²) in [4.78, 5) is 2.48. The van der Waals surface area contributed by atoms with Crippen LogP contribution in [0.1, 0.15) is 24.0 Å². The largest absolute Gasteiger partial charge is 0.299 e. The number of likely N-dealkylation sites (tertiary alicyclic amines) is 1. The third kappa shape index (κ3) is 3.07. The summed E-state index contributed by atoms with van der Waals surface area (Å²) in [6.45, 7) is 3.56. The maximum absolute atomic E-state index is 12.2. The highest BCUT2D eigenvalue weighted by molar-refractivity contribution is 7.92. The molecule has 4 nitrogen and oxygen atoms in total. The molecule has 0 bridgehead atoms. The van der Waals surface area contributed by atoms with E-state index in [1.54, 1.807) is 4.31 Å². The first kappa shape index (κ1) is 16.6. The molecule has 2 aromatic rings. The van der Waals surface area contributed by atoms with Crippen LogP contribution in [-0.2, 0) is 22.0 Å². The van der Waals surface area contributed by atoms with Crippen LogP contribution in [-0.4, -0.2) is 39.2 Å². The van der Waals surface area contributed by atoms with E-state index >= 15 is 0 Å². The zero-order valence-electron chi connectivity index (χ0n) is 14.6. The van der Waals surface area contributed by atoms with Crippen LogP contribution >= 0.6 is 0 Å². The summed E-state index contributed by atoms with van der Waals surface area (Å²) in [6.07, 6.45) is 3.32. The fraction of sp³-hybridized carbons (Fsp3) is 0.400. The second kappa shape index (κ2) is 6.15. The summed E-state index contributed by atoms with van der Waals surface area (Å²) in [5.74, 6) is 0. The van der Waals surface area contributed by atoms with E-state index in [0.29, 0.717) is 6.54 Å². The van der Waals surface area contributed by atoms with Crippen molar-refractivity contribution in [2.75, 3.05) is 30.2 Å². The zero-order valence-corrected chi connectivity index (χ0v) is 15.4. The van der Waals surface area contributed by atoms with Crippen LogP contribution in [0.2, 0.25) is 0 Å². The fourth-order valence-electron chi connectivity index (χ4n) is 4.29. The molecule has 25 heavy (non-hydrogen) atoms. The molecule has 0 aliphatic carbocycles. The monoisotopic (exact) mass is 356 g/mol. The number of nitrogens with zero attached hydrogens (tertiary/aromatic N) is 2. The van der Waals surface area contributed by atoms with E-state index in [0.717, 1.165) is 38.2 Å². The topological polar surface area (TPSA) is 40.6 Å². The maximum atomic E-state index is 12.2. The molecule has 2 heterocycles. The molecule has 5 heteroatoms. The Balaban J connectivity index is 1.55. The van der Waals surface area contributed by atoms with Gasteiger partial charge in [-0.1, -0.05) is 48.5 Å². The lowest BCUT2D eigenvalue weighted by atomic mass is 9.74. The predicted molar refractivity (Wildman–Crippen MR) is 101 cm³/mol. The number of anilines is 1. The van der Waals surface area contributed by atoms with Crippen LogP contribution in [0.3, 0.4) is 0 Å². The quantitative estimate of drug-likeness (QED) is 0.849. The van der Waals surface area contributed by atoms with E-state index in [4.69, 9.17) is 0 Å². The van der Waals surface area contributed by atoms with Gasteiger partial charge in [-0.15, -0.1) is 0 Å². The highest BCUT2D eigenvalue weighted by atomic mass is 32.2. The highest BCUT2D eigenvalue weighted by Gasteiger charge is 2.46. The van der Waals surface area contributed by atoms with E-state index in [2.05, 4.69) is 35.2 Å². The fourth-order valence-corrected chi connectivity index (χ4v) is 5.29. The number of sulfonamides is 1. The van der Waals surface area contributed by atoms with E-state index < -0.39 is 10.0 Å². The van der Waals surface area contributed by atoms with Gasteiger partial charge in [-0.3, -0.25) is 9.21 Å². The van der Waals surface area contributed by atoms with E-state index in [9.17, 15) is 8.42 Å². The molecule has 2 aliphatic heterocycles. The first-order valence-corrected chi connectivity index (χ1v) is 10.7. The molecule has 132 valence electrons. The molecule has 0 aromatic heterocycles. The van der Waals surface area contributed by atoms with E-state index in [1.807, 2.05) is 24.3 Å². The van der Waals surface area contributed by atoms with Crippen LogP contribution in [0.4, 0.5) is 5.69 Å². The van der Waals surface area contributed by atoms with Crippen molar-refractivity contribution >= 4 is 15.7 Å². The molecule has 4 rings (SSSR count). The van der Waals surface area contributed by atoms with Gasteiger partial charge in [0.2, 0.25) is 10.0 Å². The van der Waals surface area contributed by atoms with Crippen LogP contribution in [0, 0.1) is 0 Å². The van der Waals surface area contributed by atoms with Crippen molar-refractivity contribution in [3.05, 3.63) is 65.7 Å². The van der Waals surface area contributed by atoms with Gasteiger partial charge in [0.1, 0.15) is 0 Å². The van der Waals surface area contributed by atoms with Crippen LogP contribution < -0.4 is 4.31 Å². The molecular formula is C20H24N2O2S. The minimum atomic E-state index is -3.23. The third-order valence-corrected chi connectivity index (χ3v) is 6.78. The summed E-state index contributed by atoms with van der Waals surface area (Å²) >= 11 is 0. The lowest BCUT2D eigenvalue weighted by molar-refractivity contribution is 0.161. The predicted octanol–water partition coefficient (Wildman–Crippen LogP) is 3.00. The summed E-state index contributed by atoms with van der Waals surface area (Å²) in [6, 6.07) is 18.6. The minimum absolute atomic E-state index is 0.0349. The van der Waals surface area contributed by atoms with Crippen LogP contribution in [0.5, 0.6) is 0 Å². The molecule has 0 atom stereocenters. The zero-order chi connectivity index (χ0) is 17.5. The summed E-state index contributed by atoms with van der Waals surface area (Å²) in [5, 5.41) is 0. The lowest BCUT2D eigenvalue weighted by Crippen LogP contribution is -2.45. The van der Waals surface area contributed by atoms with Crippen molar-refractivity contribution in [1.82, 2.24) is 4.90 Å².